The van der Waals surface area contributed by atoms with E-state index in [-0.39, 0.29) is 23.3 Å². The quantitative estimate of drug-likeness (QED) is 0.628. The van der Waals surface area contributed by atoms with E-state index in [1.807, 2.05) is 13.8 Å². The predicted octanol–water partition coefficient (Wildman–Crippen LogP) is 5.20. The van der Waals surface area contributed by atoms with Gasteiger partial charge >= 0.3 is 0 Å². The number of hydrogen-bond donors (Lipinski definition) is 2. The number of nitrogens with one attached hydrogen (secondary N) is 2. The molecule has 1 aromatic heterocycles. The number of amides is 2. The molecular weight excluding hydrogens is 347 g/mol. The number of anilines is 2. The average molecular weight is 368 g/mol. The van der Waals surface area contributed by atoms with Gasteiger partial charge in [0.25, 0.3) is 5.91 Å². The number of benzene rings is 2. The topological polar surface area (TPSA) is 71.3 Å². The smallest absolute Gasteiger partial charge is 0.293 e. The van der Waals surface area contributed by atoms with Crippen LogP contribution in [-0.4, -0.2) is 11.8 Å². The second-order valence-electron chi connectivity index (χ2n) is 6.24. The van der Waals surface area contributed by atoms with Crippen LogP contribution in [0.4, 0.5) is 15.8 Å². The van der Waals surface area contributed by atoms with Crippen LogP contribution >= 0.6 is 0 Å². The molecule has 0 fully saturated rings. The van der Waals surface area contributed by atoms with Crippen molar-refractivity contribution in [1.29, 1.82) is 0 Å². The zero-order chi connectivity index (χ0) is 19.4. The third-order valence-electron chi connectivity index (χ3n) is 4.53. The van der Waals surface area contributed by atoms with Crippen LogP contribution in [0.2, 0.25) is 0 Å². The molecule has 140 valence electrons. The van der Waals surface area contributed by atoms with Gasteiger partial charge in [0, 0.05) is 11.3 Å². The van der Waals surface area contributed by atoms with Crippen LogP contribution < -0.4 is 10.6 Å². The van der Waals surface area contributed by atoms with Crippen LogP contribution in [0, 0.1) is 11.7 Å². The molecule has 3 aromatic rings. The molecule has 2 N–H and O–H groups in total. The molecule has 0 unspecified atom stereocenters. The molecule has 0 radical (unpaired) electrons. The van der Waals surface area contributed by atoms with Gasteiger partial charge < -0.3 is 15.1 Å². The van der Waals surface area contributed by atoms with E-state index in [4.69, 9.17) is 4.42 Å². The molecule has 0 atom stereocenters. The molecule has 0 aliphatic heterocycles. The Morgan fingerprint density at radius 1 is 1.00 bits per heavy atom. The Morgan fingerprint density at radius 2 is 1.67 bits per heavy atom. The van der Waals surface area contributed by atoms with E-state index >= 15 is 0 Å². The van der Waals surface area contributed by atoms with Gasteiger partial charge in [0.1, 0.15) is 17.1 Å². The molecule has 6 heteroatoms. The van der Waals surface area contributed by atoms with Gasteiger partial charge in [0.2, 0.25) is 11.7 Å². The van der Waals surface area contributed by atoms with Crippen molar-refractivity contribution >= 4 is 34.2 Å². The van der Waals surface area contributed by atoms with Crippen molar-refractivity contribution in [3.63, 3.8) is 0 Å². The van der Waals surface area contributed by atoms with Gasteiger partial charge in [-0.15, -0.1) is 0 Å². The summed E-state index contributed by atoms with van der Waals surface area (Å²) in [6.07, 6.45) is 1.38. The Balaban J connectivity index is 1.98. The molecule has 0 aliphatic carbocycles. The third-order valence-corrected chi connectivity index (χ3v) is 4.53. The van der Waals surface area contributed by atoms with Crippen molar-refractivity contribution in [2.24, 2.45) is 5.92 Å². The summed E-state index contributed by atoms with van der Waals surface area (Å²) in [5, 5.41) is 5.95. The van der Waals surface area contributed by atoms with E-state index in [2.05, 4.69) is 10.6 Å². The number of para-hydroxylation sites is 2. The van der Waals surface area contributed by atoms with Crippen LogP contribution in [0.5, 0.6) is 0 Å². The number of fused-ring (bicyclic) bond motifs is 1. The first kappa shape index (κ1) is 18.6. The summed E-state index contributed by atoms with van der Waals surface area (Å²) in [4.78, 5) is 25.3. The molecule has 1 heterocycles. The minimum atomic E-state index is -0.629. The lowest BCUT2D eigenvalue weighted by molar-refractivity contribution is -0.120. The lowest BCUT2D eigenvalue weighted by Crippen LogP contribution is -2.23. The summed E-state index contributed by atoms with van der Waals surface area (Å²) in [5.74, 6) is -1.58. The van der Waals surface area contributed by atoms with Crippen LogP contribution in [0.25, 0.3) is 11.0 Å². The largest absolute Gasteiger partial charge is 0.449 e. The highest BCUT2D eigenvalue weighted by Gasteiger charge is 2.24. The summed E-state index contributed by atoms with van der Waals surface area (Å²) in [6.45, 7) is 3.88. The average Bonchev–Trinajstić information content (AvgIpc) is 3.03. The molecule has 0 bridgehead atoms. The fourth-order valence-electron chi connectivity index (χ4n) is 2.96. The van der Waals surface area contributed by atoms with Gasteiger partial charge in [0.05, 0.1) is 5.69 Å². The van der Waals surface area contributed by atoms with Gasteiger partial charge in [-0.1, -0.05) is 38.1 Å². The first-order valence-corrected chi connectivity index (χ1v) is 8.93. The van der Waals surface area contributed by atoms with E-state index < -0.39 is 11.7 Å². The second kappa shape index (κ2) is 8.03. The van der Waals surface area contributed by atoms with Crippen molar-refractivity contribution in [2.45, 2.75) is 26.7 Å². The minimum absolute atomic E-state index is 0.0419. The minimum Gasteiger partial charge on any atom is -0.449 e. The second-order valence-corrected chi connectivity index (χ2v) is 6.24. The number of rotatable bonds is 6. The lowest BCUT2D eigenvalue weighted by atomic mass is 10.0. The summed E-state index contributed by atoms with van der Waals surface area (Å²) in [6, 6.07) is 12.9. The molecule has 0 saturated heterocycles. The fourth-order valence-corrected chi connectivity index (χ4v) is 2.96. The van der Waals surface area contributed by atoms with E-state index in [0.717, 1.165) is 0 Å². The number of hydrogen-bond acceptors (Lipinski definition) is 3. The Bertz CT molecular complexity index is 976. The first-order chi connectivity index (χ1) is 13.0. The summed E-state index contributed by atoms with van der Waals surface area (Å²) in [7, 11) is 0. The zero-order valence-corrected chi connectivity index (χ0v) is 15.2. The monoisotopic (exact) mass is 368 g/mol. The van der Waals surface area contributed by atoms with Crippen LogP contribution in [0.15, 0.2) is 52.9 Å². The third kappa shape index (κ3) is 3.84. The van der Waals surface area contributed by atoms with Gasteiger partial charge in [-0.25, -0.2) is 4.39 Å². The van der Waals surface area contributed by atoms with E-state index in [1.54, 1.807) is 30.3 Å². The van der Waals surface area contributed by atoms with Gasteiger partial charge in [-0.2, -0.15) is 0 Å². The van der Waals surface area contributed by atoms with Gasteiger partial charge in [0.15, 0.2) is 0 Å². The number of halogens is 1. The Morgan fingerprint density at radius 3 is 2.37 bits per heavy atom. The van der Waals surface area contributed by atoms with Crippen molar-refractivity contribution in [3.05, 3.63) is 60.1 Å². The summed E-state index contributed by atoms with van der Waals surface area (Å²) >= 11 is 0. The van der Waals surface area contributed by atoms with Crippen LogP contribution in [0.3, 0.4) is 0 Å². The highest BCUT2D eigenvalue weighted by Crippen LogP contribution is 2.32. The van der Waals surface area contributed by atoms with Crippen molar-refractivity contribution in [3.8, 4) is 0 Å². The first-order valence-electron chi connectivity index (χ1n) is 8.93. The summed E-state index contributed by atoms with van der Waals surface area (Å²) in [5.41, 5.74) is 0.813. The maximum atomic E-state index is 13.9. The van der Waals surface area contributed by atoms with Gasteiger partial charge in [-0.05, 0) is 37.1 Å². The zero-order valence-electron chi connectivity index (χ0n) is 15.2. The molecule has 5 nitrogen and oxygen atoms in total. The van der Waals surface area contributed by atoms with Crippen LogP contribution in [0.1, 0.15) is 37.2 Å². The molecule has 2 aromatic carbocycles. The van der Waals surface area contributed by atoms with Crippen molar-refractivity contribution < 1.29 is 18.4 Å². The molecule has 3 rings (SSSR count). The van der Waals surface area contributed by atoms with E-state index in [9.17, 15) is 14.0 Å². The van der Waals surface area contributed by atoms with E-state index in [1.165, 1.54) is 18.2 Å². The van der Waals surface area contributed by atoms with E-state index in [0.29, 0.717) is 29.5 Å². The Hall–Kier alpha value is -3.15. The molecule has 27 heavy (non-hydrogen) atoms. The normalized spacial score (nSPS) is 11.0. The van der Waals surface area contributed by atoms with Gasteiger partial charge in [-0.3, -0.25) is 9.59 Å². The molecule has 2 amide bonds. The highest BCUT2D eigenvalue weighted by atomic mass is 19.1. The highest BCUT2D eigenvalue weighted by molar-refractivity contribution is 6.14. The molecule has 0 aliphatic rings. The van der Waals surface area contributed by atoms with Crippen molar-refractivity contribution in [2.75, 3.05) is 10.6 Å². The van der Waals surface area contributed by atoms with Crippen LogP contribution in [-0.2, 0) is 4.79 Å². The SMILES string of the molecule is CCC(CC)C(=O)Nc1c(C(=O)Nc2ccccc2F)oc2ccccc12. The maximum absolute atomic E-state index is 13.9. The number of carbonyl (C=O) groups excluding carboxylic acids is 2. The molecular formula is C21H21FN2O3. The Kier molecular flexibility index (Phi) is 5.54. The standard InChI is InChI=1S/C21H21FN2O3/c1-3-13(4-2)20(25)24-18-14-9-5-8-12-17(14)27-19(18)21(26)23-16-11-7-6-10-15(16)22/h5-13H,3-4H2,1-2H3,(H,23,26)(H,24,25). The number of carbonyl (C=O) groups is 2. The van der Waals surface area contributed by atoms with Crippen molar-refractivity contribution in [1.82, 2.24) is 0 Å². The Labute approximate surface area is 156 Å². The predicted molar refractivity (Wildman–Crippen MR) is 103 cm³/mol. The molecule has 0 saturated carbocycles. The fraction of sp³-hybridized carbons (Fsp3) is 0.238. The lowest BCUT2D eigenvalue weighted by Gasteiger charge is -2.13. The summed E-state index contributed by atoms with van der Waals surface area (Å²) < 4.78 is 19.5. The number of furan rings is 1. The molecule has 0 spiro atoms. The maximum Gasteiger partial charge on any atom is 0.293 e.